The number of anilines is 1. The first-order chi connectivity index (χ1) is 12.7. The quantitative estimate of drug-likeness (QED) is 0.596. The topological polar surface area (TPSA) is 55.6 Å². The number of aromatic nitrogens is 4. The van der Waals surface area contributed by atoms with E-state index in [0.717, 1.165) is 53.0 Å². The van der Waals surface area contributed by atoms with E-state index in [-0.39, 0.29) is 0 Å². The standard InChI is InChI=1S/C21H23N5/c1-4-15-16(22-2)10-11-19-21(15)25-20(26(19)3)12-9-14-13-23-17-7-5-6-8-18(17)24-14/h5-8,10-11,13,22H,4,9,12H2,1-3H3. The highest BCUT2D eigenvalue weighted by Crippen LogP contribution is 2.27. The molecule has 0 spiro atoms. The lowest BCUT2D eigenvalue weighted by Crippen LogP contribution is -2.02. The Morgan fingerprint density at radius 1 is 1.00 bits per heavy atom. The lowest BCUT2D eigenvalue weighted by molar-refractivity contribution is 0.775. The molecule has 0 saturated heterocycles. The molecular formula is C21H23N5. The molecule has 0 radical (unpaired) electrons. The summed E-state index contributed by atoms with van der Waals surface area (Å²) in [6.45, 7) is 2.18. The third kappa shape index (κ3) is 2.79. The molecule has 2 heterocycles. The Labute approximate surface area is 153 Å². The molecule has 0 aliphatic carbocycles. The van der Waals surface area contributed by atoms with Gasteiger partial charge in [-0.05, 0) is 37.1 Å². The van der Waals surface area contributed by atoms with Crippen LogP contribution in [0.15, 0.2) is 42.6 Å². The smallest absolute Gasteiger partial charge is 0.110 e. The van der Waals surface area contributed by atoms with Gasteiger partial charge in [0.15, 0.2) is 0 Å². The van der Waals surface area contributed by atoms with Gasteiger partial charge in [-0.2, -0.15) is 0 Å². The van der Waals surface area contributed by atoms with Crippen LogP contribution >= 0.6 is 0 Å². The molecule has 0 atom stereocenters. The zero-order valence-corrected chi connectivity index (χ0v) is 15.5. The summed E-state index contributed by atoms with van der Waals surface area (Å²) >= 11 is 0. The van der Waals surface area contributed by atoms with Crippen LogP contribution in [0.1, 0.15) is 24.0 Å². The van der Waals surface area contributed by atoms with Crippen LogP contribution in [0.3, 0.4) is 0 Å². The number of benzene rings is 2. The van der Waals surface area contributed by atoms with E-state index in [1.54, 1.807) is 0 Å². The highest BCUT2D eigenvalue weighted by molar-refractivity contribution is 5.85. The molecule has 0 bridgehead atoms. The molecule has 4 aromatic rings. The Hall–Kier alpha value is -2.95. The monoisotopic (exact) mass is 345 g/mol. The van der Waals surface area contributed by atoms with Crippen LogP contribution in [0.2, 0.25) is 0 Å². The number of nitrogens with one attached hydrogen (secondary N) is 1. The SMILES string of the molecule is CCc1c(NC)ccc2c1nc(CCc1cnc3ccccc3n1)n2C. The molecule has 0 aliphatic rings. The van der Waals surface area contributed by atoms with Gasteiger partial charge in [0.2, 0.25) is 0 Å². The van der Waals surface area contributed by atoms with Crippen LogP contribution in [0.25, 0.3) is 22.1 Å². The molecule has 4 rings (SSSR count). The van der Waals surface area contributed by atoms with Crippen molar-refractivity contribution in [3.63, 3.8) is 0 Å². The van der Waals surface area contributed by atoms with Crippen molar-refractivity contribution in [3.05, 3.63) is 59.7 Å². The maximum Gasteiger partial charge on any atom is 0.110 e. The summed E-state index contributed by atoms with van der Waals surface area (Å²) in [6.07, 6.45) is 4.51. The van der Waals surface area contributed by atoms with Crippen LogP contribution in [-0.2, 0) is 26.3 Å². The fourth-order valence-corrected chi connectivity index (χ4v) is 3.53. The zero-order valence-electron chi connectivity index (χ0n) is 15.5. The van der Waals surface area contributed by atoms with E-state index in [9.17, 15) is 0 Å². The minimum absolute atomic E-state index is 0.829. The van der Waals surface area contributed by atoms with Crippen molar-refractivity contribution in [3.8, 4) is 0 Å². The Kier molecular flexibility index (Phi) is 4.29. The minimum Gasteiger partial charge on any atom is -0.388 e. The van der Waals surface area contributed by atoms with E-state index < -0.39 is 0 Å². The summed E-state index contributed by atoms with van der Waals surface area (Å²) in [5.41, 5.74) is 7.60. The number of fused-ring (bicyclic) bond motifs is 2. The number of hydrogen-bond donors (Lipinski definition) is 1. The van der Waals surface area contributed by atoms with Gasteiger partial charge in [0, 0.05) is 38.0 Å². The maximum atomic E-state index is 4.94. The third-order valence-corrected chi connectivity index (χ3v) is 4.98. The van der Waals surface area contributed by atoms with Gasteiger partial charge in [-0.3, -0.25) is 4.98 Å². The van der Waals surface area contributed by atoms with Gasteiger partial charge in [0.05, 0.1) is 27.8 Å². The van der Waals surface area contributed by atoms with Crippen LogP contribution in [0.5, 0.6) is 0 Å². The van der Waals surface area contributed by atoms with Crippen molar-refractivity contribution in [2.75, 3.05) is 12.4 Å². The average Bonchev–Trinajstić information content (AvgIpc) is 3.01. The summed E-state index contributed by atoms with van der Waals surface area (Å²) in [4.78, 5) is 14.2. The van der Waals surface area contributed by atoms with Gasteiger partial charge in [-0.1, -0.05) is 19.1 Å². The molecule has 2 aromatic heterocycles. The molecule has 1 N–H and O–H groups in total. The maximum absolute atomic E-state index is 4.94. The summed E-state index contributed by atoms with van der Waals surface area (Å²) < 4.78 is 2.20. The second-order valence-corrected chi connectivity index (χ2v) is 6.50. The molecule has 132 valence electrons. The minimum atomic E-state index is 0.829. The summed E-state index contributed by atoms with van der Waals surface area (Å²) in [7, 11) is 4.05. The van der Waals surface area contributed by atoms with E-state index >= 15 is 0 Å². The molecule has 0 aliphatic heterocycles. The second kappa shape index (κ2) is 6.75. The summed E-state index contributed by atoms with van der Waals surface area (Å²) in [6, 6.07) is 12.3. The summed E-state index contributed by atoms with van der Waals surface area (Å²) in [5, 5.41) is 3.27. The van der Waals surface area contributed by atoms with Crippen molar-refractivity contribution in [2.45, 2.75) is 26.2 Å². The Morgan fingerprint density at radius 2 is 1.81 bits per heavy atom. The highest BCUT2D eigenvalue weighted by atomic mass is 15.1. The first-order valence-corrected chi connectivity index (χ1v) is 9.07. The number of nitrogens with zero attached hydrogens (tertiary/aromatic N) is 4. The molecule has 2 aromatic carbocycles. The van der Waals surface area contributed by atoms with Crippen molar-refractivity contribution in [1.82, 2.24) is 19.5 Å². The largest absolute Gasteiger partial charge is 0.388 e. The fraction of sp³-hybridized carbons (Fsp3) is 0.286. The number of hydrogen-bond acceptors (Lipinski definition) is 4. The van der Waals surface area contributed by atoms with Gasteiger partial charge in [0.25, 0.3) is 0 Å². The molecule has 26 heavy (non-hydrogen) atoms. The molecule has 0 amide bonds. The van der Waals surface area contributed by atoms with Crippen LogP contribution in [0, 0.1) is 0 Å². The highest BCUT2D eigenvalue weighted by Gasteiger charge is 2.13. The van der Waals surface area contributed by atoms with E-state index in [4.69, 9.17) is 9.97 Å². The van der Waals surface area contributed by atoms with Gasteiger partial charge in [-0.15, -0.1) is 0 Å². The molecule has 5 nitrogen and oxygen atoms in total. The van der Waals surface area contributed by atoms with E-state index in [0.29, 0.717) is 0 Å². The zero-order chi connectivity index (χ0) is 18.1. The average molecular weight is 345 g/mol. The van der Waals surface area contributed by atoms with Gasteiger partial charge >= 0.3 is 0 Å². The predicted molar refractivity (Wildman–Crippen MR) is 107 cm³/mol. The Bertz CT molecular complexity index is 1080. The molecule has 0 unspecified atom stereocenters. The van der Waals surface area contributed by atoms with Gasteiger partial charge < -0.3 is 9.88 Å². The fourth-order valence-electron chi connectivity index (χ4n) is 3.53. The molecule has 5 heteroatoms. The van der Waals surface area contributed by atoms with Gasteiger partial charge in [0.1, 0.15) is 5.82 Å². The third-order valence-electron chi connectivity index (χ3n) is 4.98. The van der Waals surface area contributed by atoms with Crippen molar-refractivity contribution in [1.29, 1.82) is 0 Å². The van der Waals surface area contributed by atoms with E-state index in [2.05, 4.69) is 41.0 Å². The van der Waals surface area contributed by atoms with E-state index in [1.165, 1.54) is 11.1 Å². The van der Waals surface area contributed by atoms with Crippen LogP contribution in [-0.4, -0.2) is 26.6 Å². The lowest BCUT2D eigenvalue weighted by atomic mass is 10.1. The first kappa shape index (κ1) is 16.5. The van der Waals surface area contributed by atoms with Crippen molar-refractivity contribution < 1.29 is 0 Å². The number of imidazole rings is 1. The van der Waals surface area contributed by atoms with Crippen molar-refractivity contribution >= 4 is 27.8 Å². The number of para-hydroxylation sites is 2. The lowest BCUT2D eigenvalue weighted by Gasteiger charge is -2.08. The number of rotatable bonds is 5. The van der Waals surface area contributed by atoms with Crippen LogP contribution in [0.4, 0.5) is 5.69 Å². The van der Waals surface area contributed by atoms with Gasteiger partial charge in [-0.25, -0.2) is 9.97 Å². The Morgan fingerprint density at radius 3 is 2.58 bits per heavy atom. The molecule has 0 fully saturated rings. The molecule has 0 saturated carbocycles. The van der Waals surface area contributed by atoms with E-state index in [1.807, 2.05) is 37.5 Å². The summed E-state index contributed by atoms with van der Waals surface area (Å²) in [5.74, 6) is 1.08. The van der Waals surface area contributed by atoms with Crippen molar-refractivity contribution in [2.24, 2.45) is 7.05 Å². The number of aryl methyl sites for hydroxylation is 4. The first-order valence-electron chi connectivity index (χ1n) is 9.07. The second-order valence-electron chi connectivity index (χ2n) is 6.50. The Balaban J connectivity index is 1.65. The molecular weight excluding hydrogens is 322 g/mol. The van der Waals surface area contributed by atoms with Crippen LogP contribution < -0.4 is 5.32 Å². The normalized spacial score (nSPS) is 11.3. The predicted octanol–water partition coefficient (Wildman–Crippen LogP) is 3.91.